The lowest BCUT2D eigenvalue weighted by Gasteiger charge is -2.36. The van der Waals surface area contributed by atoms with E-state index in [-0.39, 0.29) is 24.2 Å². The molecule has 0 radical (unpaired) electrons. The second-order valence-corrected chi connectivity index (χ2v) is 8.89. The predicted octanol–water partition coefficient (Wildman–Crippen LogP) is 4.97. The summed E-state index contributed by atoms with van der Waals surface area (Å²) in [6.07, 6.45) is 1.46. The number of pyridine rings is 1. The van der Waals surface area contributed by atoms with Crippen molar-refractivity contribution in [3.8, 4) is 5.75 Å². The summed E-state index contributed by atoms with van der Waals surface area (Å²) in [5.41, 5.74) is 1.41. The Morgan fingerprint density at radius 1 is 0.972 bits per heavy atom. The number of rotatable bonds is 8. The lowest BCUT2D eigenvalue weighted by molar-refractivity contribution is 0.0378. The summed E-state index contributed by atoms with van der Waals surface area (Å²) in [6.45, 7) is 7.02. The molecule has 3 aromatic rings. The number of halogens is 3. The Labute approximate surface area is 208 Å². The Bertz CT molecular complexity index is 1210. The fourth-order valence-electron chi connectivity index (χ4n) is 4.03. The molecule has 6 nitrogen and oxygen atoms in total. The molecule has 1 saturated heterocycles. The minimum atomic E-state index is -1.23. The van der Waals surface area contributed by atoms with Crippen molar-refractivity contribution in [1.29, 1.82) is 0 Å². The second-order valence-electron chi connectivity index (χ2n) is 8.89. The molecule has 1 fully saturated rings. The van der Waals surface area contributed by atoms with Gasteiger partial charge in [0, 0.05) is 50.6 Å². The molecule has 2 heterocycles. The Balaban J connectivity index is 1.34. The highest BCUT2D eigenvalue weighted by molar-refractivity contribution is 5.94. The van der Waals surface area contributed by atoms with Gasteiger partial charge in [-0.05, 0) is 49.7 Å². The van der Waals surface area contributed by atoms with Gasteiger partial charge in [-0.3, -0.25) is 4.90 Å². The van der Waals surface area contributed by atoms with Crippen LogP contribution in [0.15, 0.2) is 54.7 Å². The molecule has 0 unspecified atom stereocenters. The molecule has 0 bridgehead atoms. The summed E-state index contributed by atoms with van der Waals surface area (Å²) >= 11 is 0. The smallest absolute Gasteiger partial charge is 0.342 e. The van der Waals surface area contributed by atoms with Crippen molar-refractivity contribution in [2.45, 2.75) is 33.1 Å². The Hall–Kier alpha value is -3.59. The third-order valence-electron chi connectivity index (χ3n) is 5.81. The maximum atomic E-state index is 13.9. The van der Waals surface area contributed by atoms with Gasteiger partial charge in [0.2, 0.25) is 0 Å². The van der Waals surface area contributed by atoms with Gasteiger partial charge in [0.05, 0.1) is 6.10 Å². The summed E-state index contributed by atoms with van der Waals surface area (Å²) in [7, 11) is 0. The summed E-state index contributed by atoms with van der Waals surface area (Å²) in [5.74, 6) is -2.43. The van der Waals surface area contributed by atoms with Gasteiger partial charge in [0.15, 0.2) is 11.6 Å². The van der Waals surface area contributed by atoms with E-state index in [1.807, 2.05) is 32.0 Å². The molecule has 4 rings (SSSR count). The van der Waals surface area contributed by atoms with Crippen molar-refractivity contribution < 1.29 is 27.4 Å². The van der Waals surface area contributed by atoms with E-state index in [0.717, 1.165) is 24.7 Å². The quantitative estimate of drug-likeness (QED) is 0.323. The number of benzene rings is 2. The first-order valence-corrected chi connectivity index (χ1v) is 11.8. The molecule has 190 valence electrons. The molecular formula is C27H28F3N3O3. The van der Waals surface area contributed by atoms with Gasteiger partial charge in [-0.1, -0.05) is 12.1 Å². The minimum absolute atomic E-state index is 0.0541. The van der Waals surface area contributed by atoms with Crippen LogP contribution in [0.1, 0.15) is 35.3 Å². The lowest BCUT2D eigenvalue weighted by Crippen LogP contribution is -2.46. The van der Waals surface area contributed by atoms with Crippen molar-refractivity contribution >= 4 is 11.8 Å². The monoisotopic (exact) mass is 499 g/mol. The number of hydrogen-bond acceptors (Lipinski definition) is 6. The number of anilines is 1. The number of carbonyl (C=O) groups is 1. The van der Waals surface area contributed by atoms with Crippen molar-refractivity contribution in [3.05, 3.63) is 88.9 Å². The average Bonchev–Trinajstić information content (AvgIpc) is 2.86. The van der Waals surface area contributed by atoms with Crippen molar-refractivity contribution in [1.82, 2.24) is 9.88 Å². The van der Waals surface area contributed by atoms with E-state index in [1.165, 1.54) is 0 Å². The van der Waals surface area contributed by atoms with Crippen LogP contribution in [0.3, 0.4) is 0 Å². The number of carbonyl (C=O) groups excluding carboxylic acids is 1. The van der Waals surface area contributed by atoms with Crippen LogP contribution < -0.4 is 9.64 Å². The van der Waals surface area contributed by atoms with E-state index in [0.29, 0.717) is 42.8 Å². The van der Waals surface area contributed by atoms with Gasteiger partial charge in [-0.25, -0.2) is 22.9 Å². The molecule has 1 aromatic heterocycles. The summed E-state index contributed by atoms with van der Waals surface area (Å²) < 4.78 is 51.4. The van der Waals surface area contributed by atoms with E-state index >= 15 is 0 Å². The van der Waals surface area contributed by atoms with E-state index in [9.17, 15) is 18.0 Å². The summed E-state index contributed by atoms with van der Waals surface area (Å²) in [6, 6.07) is 12.2. The Morgan fingerprint density at radius 2 is 1.72 bits per heavy atom. The zero-order valence-electron chi connectivity index (χ0n) is 20.2. The van der Waals surface area contributed by atoms with Crippen LogP contribution in [0.4, 0.5) is 19.0 Å². The van der Waals surface area contributed by atoms with Gasteiger partial charge in [-0.2, -0.15) is 0 Å². The largest absolute Gasteiger partial charge is 0.489 e. The lowest BCUT2D eigenvalue weighted by atomic mass is 10.1. The molecule has 1 aliphatic rings. The summed E-state index contributed by atoms with van der Waals surface area (Å²) in [4.78, 5) is 21.3. The molecule has 9 heteroatoms. The first-order chi connectivity index (χ1) is 17.3. The molecule has 0 atom stereocenters. The van der Waals surface area contributed by atoms with Crippen molar-refractivity contribution in [2.75, 3.05) is 31.1 Å². The zero-order chi connectivity index (χ0) is 25.7. The fraction of sp³-hybridized carbons (Fsp3) is 0.333. The molecule has 0 aliphatic carbocycles. The van der Waals surface area contributed by atoms with Gasteiger partial charge in [0.25, 0.3) is 0 Å². The third-order valence-corrected chi connectivity index (χ3v) is 5.81. The normalized spacial score (nSPS) is 14.2. The molecular weight excluding hydrogens is 471 g/mol. The second kappa shape index (κ2) is 11.4. The van der Waals surface area contributed by atoms with Gasteiger partial charge < -0.3 is 14.4 Å². The van der Waals surface area contributed by atoms with Crippen LogP contribution in [0, 0.1) is 17.5 Å². The van der Waals surface area contributed by atoms with Crippen LogP contribution in [-0.4, -0.2) is 48.1 Å². The van der Waals surface area contributed by atoms with Crippen LogP contribution in [0.2, 0.25) is 0 Å². The maximum absolute atomic E-state index is 13.9. The van der Waals surface area contributed by atoms with Crippen LogP contribution in [0.5, 0.6) is 5.75 Å². The average molecular weight is 500 g/mol. The molecule has 0 amide bonds. The van der Waals surface area contributed by atoms with Gasteiger partial charge >= 0.3 is 5.97 Å². The van der Waals surface area contributed by atoms with E-state index in [2.05, 4.69) is 14.8 Å². The molecule has 36 heavy (non-hydrogen) atoms. The van der Waals surface area contributed by atoms with E-state index in [1.54, 1.807) is 24.4 Å². The number of aromatic nitrogens is 1. The molecule has 0 N–H and O–H groups in total. The maximum Gasteiger partial charge on any atom is 0.342 e. The highest BCUT2D eigenvalue weighted by atomic mass is 19.2. The van der Waals surface area contributed by atoms with E-state index < -0.39 is 17.5 Å². The number of ether oxygens (including phenoxy) is 2. The molecule has 0 spiro atoms. The first kappa shape index (κ1) is 25.5. The van der Waals surface area contributed by atoms with Gasteiger partial charge in [-0.15, -0.1) is 0 Å². The Morgan fingerprint density at radius 3 is 2.47 bits per heavy atom. The van der Waals surface area contributed by atoms with Crippen LogP contribution in [-0.2, 0) is 17.9 Å². The molecule has 2 aromatic carbocycles. The Kier molecular flexibility index (Phi) is 8.10. The first-order valence-electron chi connectivity index (χ1n) is 11.8. The minimum Gasteiger partial charge on any atom is -0.489 e. The predicted molar refractivity (Wildman–Crippen MR) is 129 cm³/mol. The van der Waals surface area contributed by atoms with Crippen LogP contribution >= 0.6 is 0 Å². The van der Waals surface area contributed by atoms with Gasteiger partial charge in [0.1, 0.15) is 29.6 Å². The SMILES string of the molecule is CC(C)OC(=O)c1cccnc1N1CCN(Cc2cccc(OCc3cc(F)c(F)cc3F)c2)CC1. The topological polar surface area (TPSA) is 54.9 Å². The molecule has 1 aliphatic heterocycles. The number of piperazine rings is 1. The highest BCUT2D eigenvalue weighted by Crippen LogP contribution is 2.23. The number of nitrogens with zero attached hydrogens (tertiary/aromatic N) is 3. The number of esters is 1. The number of hydrogen-bond donors (Lipinski definition) is 0. The summed E-state index contributed by atoms with van der Waals surface area (Å²) in [5, 5.41) is 0. The van der Waals surface area contributed by atoms with Crippen LogP contribution in [0.25, 0.3) is 0 Å². The fourth-order valence-corrected chi connectivity index (χ4v) is 4.03. The van der Waals surface area contributed by atoms with E-state index in [4.69, 9.17) is 9.47 Å². The molecule has 0 saturated carbocycles. The van der Waals surface area contributed by atoms with Crippen molar-refractivity contribution in [3.63, 3.8) is 0 Å². The zero-order valence-corrected chi connectivity index (χ0v) is 20.2. The third kappa shape index (κ3) is 6.34. The highest BCUT2D eigenvalue weighted by Gasteiger charge is 2.24. The van der Waals surface area contributed by atoms with Crippen molar-refractivity contribution in [2.24, 2.45) is 0 Å². The standard InChI is InChI=1S/C27H28F3N3O3/c1-18(2)36-27(34)22-7-4-8-31-26(22)33-11-9-32(10-12-33)16-19-5-3-6-21(13-19)35-17-20-14-24(29)25(30)15-23(20)28/h3-8,13-15,18H,9-12,16-17H2,1-2H3.